The SMILES string of the molecule is Cc1nc2c(N3CCNCC3)ncc(Br)n2n1. The van der Waals surface area contributed by atoms with Gasteiger partial charge in [-0.1, -0.05) is 0 Å². The summed E-state index contributed by atoms with van der Waals surface area (Å²) >= 11 is 3.44. The minimum atomic E-state index is 0.759. The molecule has 0 unspecified atom stereocenters. The monoisotopic (exact) mass is 296 g/mol. The molecule has 1 fully saturated rings. The van der Waals surface area contributed by atoms with Gasteiger partial charge in [0.25, 0.3) is 0 Å². The topological polar surface area (TPSA) is 58.4 Å². The Morgan fingerprint density at radius 2 is 2.12 bits per heavy atom. The molecule has 2 aromatic rings. The van der Waals surface area contributed by atoms with Gasteiger partial charge in [0.05, 0.1) is 6.20 Å². The summed E-state index contributed by atoms with van der Waals surface area (Å²) in [7, 11) is 0. The van der Waals surface area contributed by atoms with E-state index in [1.54, 1.807) is 10.7 Å². The van der Waals surface area contributed by atoms with Gasteiger partial charge in [-0.3, -0.25) is 0 Å². The van der Waals surface area contributed by atoms with E-state index in [9.17, 15) is 0 Å². The number of anilines is 1. The average Bonchev–Trinajstić information content (AvgIpc) is 2.73. The van der Waals surface area contributed by atoms with E-state index < -0.39 is 0 Å². The van der Waals surface area contributed by atoms with Gasteiger partial charge in [0.1, 0.15) is 10.4 Å². The largest absolute Gasteiger partial charge is 0.351 e. The summed E-state index contributed by atoms with van der Waals surface area (Å²) in [6, 6.07) is 0. The highest BCUT2D eigenvalue weighted by Crippen LogP contribution is 2.21. The molecule has 2 aromatic heterocycles. The lowest BCUT2D eigenvalue weighted by Crippen LogP contribution is -2.44. The molecule has 6 nitrogen and oxygen atoms in total. The first-order valence-electron chi connectivity index (χ1n) is 5.59. The number of halogens is 1. The molecule has 0 bridgehead atoms. The Bertz CT molecular complexity index is 545. The molecule has 0 atom stereocenters. The Labute approximate surface area is 107 Å². The Morgan fingerprint density at radius 1 is 1.35 bits per heavy atom. The van der Waals surface area contributed by atoms with Gasteiger partial charge in [-0.15, -0.1) is 0 Å². The summed E-state index contributed by atoms with van der Waals surface area (Å²) in [5, 5.41) is 7.67. The first-order valence-corrected chi connectivity index (χ1v) is 6.38. The lowest BCUT2D eigenvalue weighted by molar-refractivity contribution is 0.585. The summed E-state index contributed by atoms with van der Waals surface area (Å²) < 4.78 is 2.62. The molecule has 0 aliphatic carbocycles. The first-order chi connectivity index (χ1) is 8.25. The Balaban J connectivity index is 2.12. The van der Waals surface area contributed by atoms with Crippen LogP contribution in [0.25, 0.3) is 5.65 Å². The maximum absolute atomic E-state index is 4.47. The lowest BCUT2D eigenvalue weighted by Gasteiger charge is -2.28. The van der Waals surface area contributed by atoms with Crippen molar-refractivity contribution in [1.82, 2.24) is 24.9 Å². The predicted octanol–water partition coefficient (Wildman–Crippen LogP) is 0.605. The number of hydrogen-bond acceptors (Lipinski definition) is 5. The molecule has 3 rings (SSSR count). The minimum Gasteiger partial charge on any atom is -0.351 e. The zero-order valence-corrected chi connectivity index (χ0v) is 11.1. The second-order valence-electron chi connectivity index (χ2n) is 4.04. The molecule has 1 aliphatic heterocycles. The van der Waals surface area contributed by atoms with Crippen LogP contribution >= 0.6 is 15.9 Å². The lowest BCUT2D eigenvalue weighted by atomic mass is 10.3. The highest BCUT2D eigenvalue weighted by atomic mass is 79.9. The van der Waals surface area contributed by atoms with Crippen LogP contribution in [0.1, 0.15) is 5.82 Å². The van der Waals surface area contributed by atoms with E-state index in [0.717, 1.165) is 48.1 Å². The van der Waals surface area contributed by atoms with Crippen molar-refractivity contribution in [3.05, 3.63) is 16.6 Å². The second-order valence-corrected chi connectivity index (χ2v) is 4.85. The van der Waals surface area contributed by atoms with Crippen LogP contribution < -0.4 is 10.2 Å². The van der Waals surface area contributed by atoms with E-state index in [0.29, 0.717) is 0 Å². The van der Waals surface area contributed by atoms with E-state index in [-0.39, 0.29) is 0 Å². The molecule has 1 saturated heterocycles. The van der Waals surface area contributed by atoms with Crippen LogP contribution in [-0.4, -0.2) is 45.8 Å². The van der Waals surface area contributed by atoms with Gasteiger partial charge >= 0.3 is 0 Å². The smallest absolute Gasteiger partial charge is 0.199 e. The average molecular weight is 297 g/mol. The third-order valence-electron chi connectivity index (χ3n) is 2.83. The summed E-state index contributed by atoms with van der Waals surface area (Å²) in [6.45, 7) is 5.77. The number of nitrogens with one attached hydrogen (secondary N) is 1. The van der Waals surface area contributed by atoms with Gasteiger partial charge in [-0.25, -0.2) is 14.5 Å². The molecule has 90 valence electrons. The maximum atomic E-state index is 4.47. The molecule has 0 radical (unpaired) electrons. The zero-order chi connectivity index (χ0) is 11.8. The molecule has 0 spiro atoms. The van der Waals surface area contributed by atoms with E-state index in [2.05, 4.69) is 41.2 Å². The third-order valence-corrected chi connectivity index (χ3v) is 3.37. The number of rotatable bonds is 1. The van der Waals surface area contributed by atoms with Crippen LogP contribution in [0.3, 0.4) is 0 Å². The van der Waals surface area contributed by atoms with Crippen molar-refractivity contribution in [3.8, 4) is 0 Å². The van der Waals surface area contributed by atoms with Crippen molar-refractivity contribution in [2.45, 2.75) is 6.92 Å². The Hall–Kier alpha value is -1.21. The zero-order valence-electron chi connectivity index (χ0n) is 9.52. The van der Waals surface area contributed by atoms with Crippen LogP contribution in [0.2, 0.25) is 0 Å². The second kappa shape index (κ2) is 4.23. The standard InChI is InChI=1S/C10H13BrN6/c1-7-14-10-9(16-4-2-12-3-5-16)13-6-8(11)17(10)15-7/h6,12H,2-5H2,1H3. The fraction of sp³-hybridized carbons (Fsp3) is 0.500. The molecule has 1 N–H and O–H groups in total. The summed E-state index contributed by atoms with van der Waals surface area (Å²) in [4.78, 5) is 11.2. The van der Waals surface area contributed by atoms with E-state index in [1.807, 2.05) is 6.92 Å². The Kier molecular flexibility index (Phi) is 2.71. The highest BCUT2D eigenvalue weighted by Gasteiger charge is 2.18. The molecule has 3 heterocycles. The van der Waals surface area contributed by atoms with Crippen LogP contribution in [0.4, 0.5) is 5.82 Å². The first kappa shape index (κ1) is 10.9. The third kappa shape index (κ3) is 1.89. The van der Waals surface area contributed by atoms with Crippen LogP contribution in [-0.2, 0) is 0 Å². The number of piperazine rings is 1. The van der Waals surface area contributed by atoms with E-state index >= 15 is 0 Å². The van der Waals surface area contributed by atoms with E-state index in [1.165, 1.54) is 0 Å². The van der Waals surface area contributed by atoms with Crippen molar-refractivity contribution >= 4 is 27.4 Å². The van der Waals surface area contributed by atoms with Crippen molar-refractivity contribution in [1.29, 1.82) is 0 Å². The van der Waals surface area contributed by atoms with Crippen molar-refractivity contribution in [2.75, 3.05) is 31.1 Å². The fourth-order valence-corrected chi connectivity index (χ4v) is 2.38. The van der Waals surface area contributed by atoms with Gasteiger partial charge in [0.15, 0.2) is 11.5 Å². The van der Waals surface area contributed by atoms with Crippen LogP contribution in [0.5, 0.6) is 0 Å². The van der Waals surface area contributed by atoms with Crippen LogP contribution in [0.15, 0.2) is 10.8 Å². The fourth-order valence-electron chi connectivity index (χ4n) is 2.04. The maximum Gasteiger partial charge on any atom is 0.199 e. The van der Waals surface area contributed by atoms with Gasteiger partial charge in [-0.05, 0) is 22.9 Å². The highest BCUT2D eigenvalue weighted by molar-refractivity contribution is 9.10. The number of fused-ring (bicyclic) bond motifs is 1. The molecule has 17 heavy (non-hydrogen) atoms. The van der Waals surface area contributed by atoms with Gasteiger partial charge < -0.3 is 10.2 Å². The number of aromatic nitrogens is 4. The molecule has 1 aliphatic rings. The number of nitrogens with zero attached hydrogens (tertiary/aromatic N) is 5. The number of hydrogen-bond donors (Lipinski definition) is 1. The van der Waals surface area contributed by atoms with Crippen molar-refractivity contribution in [3.63, 3.8) is 0 Å². The quantitative estimate of drug-likeness (QED) is 0.835. The van der Waals surface area contributed by atoms with Gasteiger partial charge in [0.2, 0.25) is 0 Å². The van der Waals surface area contributed by atoms with Crippen molar-refractivity contribution in [2.24, 2.45) is 0 Å². The van der Waals surface area contributed by atoms with E-state index in [4.69, 9.17) is 0 Å². The van der Waals surface area contributed by atoms with Crippen molar-refractivity contribution < 1.29 is 0 Å². The van der Waals surface area contributed by atoms with Gasteiger partial charge in [-0.2, -0.15) is 5.10 Å². The normalized spacial score (nSPS) is 16.7. The number of aryl methyl sites for hydroxylation is 1. The van der Waals surface area contributed by atoms with Crippen LogP contribution in [0, 0.1) is 6.92 Å². The molecule has 0 amide bonds. The van der Waals surface area contributed by atoms with Gasteiger partial charge in [0, 0.05) is 26.2 Å². The molecule has 7 heteroatoms. The molecule has 0 saturated carbocycles. The summed E-state index contributed by atoms with van der Waals surface area (Å²) in [5.41, 5.74) is 0.818. The molecule has 0 aromatic carbocycles. The molecular weight excluding hydrogens is 284 g/mol. The molecular formula is C10H13BrN6. The Morgan fingerprint density at radius 3 is 2.88 bits per heavy atom. The predicted molar refractivity (Wildman–Crippen MR) is 68.3 cm³/mol. The minimum absolute atomic E-state index is 0.759. The summed E-state index contributed by atoms with van der Waals surface area (Å²) in [6.07, 6.45) is 1.78. The summed E-state index contributed by atoms with van der Waals surface area (Å²) in [5.74, 6) is 1.67.